The van der Waals surface area contributed by atoms with E-state index in [0.29, 0.717) is 6.54 Å². The van der Waals surface area contributed by atoms with Crippen LogP contribution in [0, 0.1) is 5.92 Å². The molecule has 2 aliphatic rings. The van der Waals surface area contributed by atoms with E-state index in [9.17, 15) is 13.2 Å². The Morgan fingerprint density at radius 1 is 1.44 bits per heavy atom. The molecule has 1 saturated carbocycles. The zero-order valence-corrected chi connectivity index (χ0v) is 10.5. The van der Waals surface area contributed by atoms with Crippen LogP contribution in [0.2, 0.25) is 0 Å². The molecule has 1 aliphatic heterocycles. The van der Waals surface area contributed by atoms with Gasteiger partial charge in [-0.25, -0.2) is 12.7 Å². The monoisotopic (exact) mass is 246 g/mol. The zero-order chi connectivity index (χ0) is 12.0. The Labute approximate surface area is 96.2 Å². The predicted octanol–water partition coefficient (Wildman–Crippen LogP) is -0.0634. The first-order chi connectivity index (χ1) is 7.37. The van der Waals surface area contributed by atoms with Crippen molar-refractivity contribution in [2.75, 3.05) is 19.6 Å². The van der Waals surface area contributed by atoms with Gasteiger partial charge in [0.1, 0.15) is 0 Å². The van der Waals surface area contributed by atoms with Gasteiger partial charge in [-0.3, -0.25) is 4.79 Å². The molecule has 0 bridgehead atoms. The molecule has 1 N–H and O–H groups in total. The van der Waals surface area contributed by atoms with Crippen molar-refractivity contribution in [3.05, 3.63) is 0 Å². The Balaban J connectivity index is 1.80. The van der Waals surface area contributed by atoms with Gasteiger partial charge in [-0.15, -0.1) is 0 Å². The first kappa shape index (κ1) is 11.9. The number of rotatable bonds is 5. The van der Waals surface area contributed by atoms with E-state index in [1.54, 1.807) is 0 Å². The highest BCUT2D eigenvalue weighted by Gasteiger charge is 2.59. The summed E-state index contributed by atoms with van der Waals surface area (Å²) in [6, 6.07) is 0. The molecule has 0 unspecified atom stereocenters. The van der Waals surface area contributed by atoms with E-state index in [1.165, 1.54) is 26.7 Å². The van der Waals surface area contributed by atoms with Gasteiger partial charge < -0.3 is 5.32 Å². The number of carbonyl (C=O) groups excluding carboxylic acids is 1. The fourth-order valence-corrected chi connectivity index (χ4v) is 3.31. The number of sulfonamides is 1. The van der Waals surface area contributed by atoms with Gasteiger partial charge in [-0.1, -0.05) is 0 Å². The van der Waals surface area contributed by atoms with E-state index in [2.05, 4.69) is 5.32 Å². The maximum Gasteiger partial charge on any atom is 0.258 e. The molecular weight excluding hydrogens is 228 g/mol. The Hall–Kier alpha value is -0.620. The molecule has 0 radical (unpaired) electrons. The van der Waals surface area contributed by atoms with Crippen LogP contribution in [0.25, 0.3) is 0 Å². The summed E-state index contributed by atoms with van der Waals surface area (Å²) >= 11 is 0. The smallest absolute Gasteiger partial charge is 0.258 e. The van der Waals surface area contributed by atoms with Gasteiger partial charge in [0.05, 0.1) is 0 Å². The van der Waals surface area contributed by atoms with Crippen LogP contribution in [0.15, 0.2) is 0 Å². The van der Waals surface area contributed by atoms with Crippen LogP contribution in [0.1, 0.15) is 26.7 Å². The van der Waals surface area contributed by atoms with Gasteiger partial charge in [0, 0.05) is 13.1 Å². The van der Waals surface area contributed by atoms with E-state index in [1.807, 2.05) is 0 Å². The van der Waals surface area contributed by atoms with Crippen molar-refractivity contribution in [1.29, 1.82) is 0 Å². The van der Waals surface area contributed by atoms with Gasteiger partial charge in [-0.2, -0.15) is 0 Å². The van der Waals surface area contributed by atoms with Crippen molar-refractivity contribution in [2.24, 2.45) is 5.92 Å². The molecule has 16 heavy (non-hydrogen) atoms. The fourth-order valence-electron chi connectivity index (χ4n) is 1.79. The quantitative estimate of drug-likeness (QED) is 0.690. The standard InChI is InChI=1S/C10H18N2O3S/c1-10(2)9(13)12(16(10,14)15)6-5-11-7-8-3-4-8/h8,11H,3-7H2,1-2H3. The number of nitrogens with zero attached hydrogens (tertiary/aromatic N) is 1. The minimum atomic E-state index is -3.39. The van der Waals surface area contributed by atoms with Gasteiger partial charge in [0.15, 0.2) is 4.75 Å². The molecular formula is C10H18N2O3S. The van der Waals surface area contributed by atoms with Gasteiger partial charge in [0.2, 0.25) is 0 Å². The summed E-state index contributed by atoms with van der Waals surface area (Å²) in [4.78, 5) is 11.6. The van der Waals surface area contributed by atoms with Crippen LogP contribution in [-0.2, 0) is 14.8 Å². The van der Waals surface area contributed by atoms with Crippen molar-refractivity contribution in [3.63, 3.8) is 0 Å². The van der Waals surface area contributed by atoms with Gasteiger partial charge in [-0.05, 0) is 39.2 Å². The highest BCUT2D eigenvalue weighted by Crippen LogP contribution is 2.34. The van der Waals surface area contributed by atoms with E-state index in [4.69, 9.17) is 0 Å². The summed E-state index contributed by atoms with van der Waals surface area (Å²) in [5, 5.41) is 3.17. The Bertz CT molecular complexity index is 398. The number of hydrogen-bond donors (Lipinski definition) is 1. The van der Waals surface area contributed by atoms with Crippen molar-refractivity contribution >= 4 is 15.9 Å². The molecule has 0 aromatic carbocycles. The Morgan fingerprint density at radius 2 is 2.06 bits per heavy atom. The maximum atomic E-state index is 11.7. The van der Waals surface area contributed by atoms with Crippen LogP contribution >= 0.6 is 0 Å². The summed E-state index contributed by atoms with van der Waals surface area (Å²) in [6.45, 7) is 4.66. The molecule has 0 spiro atoms. The third kappa shape index (κ3) is 1.73. The van der Waals surface area contributed by atoms with Crippen LogP contribution in [-0.4, -0.2) is 43.0 Å². The highest BCUT2D eigenvalue weighted by atomic mass is 32.2. The number of nitrogens with one attached hydrogen (secondary N) is 1. The van der Waals surface area contributed by atoms with Crippen LogP contribution in [0.3, 0.4) is 0 Å². The van der Waals surface area contributed by atoms with E-state index in [-0.39, 0.29) is 12.5 Å². The van der Waals surface area contributed by atoms with E-state index in [0.717, 1.165) is 16.8 Å². The average Bonchev–Trinajstić information content (AvgIpc) is 3.00. The fraction of sp³-hybridized carbons (Fsp3) is 0.900. The average molecular weight is 246 g/mol. The highest BCUT2D eigenvalue weighted by molar-refractivity contribution is 7.94. The molecule has 1 aliphatic carbocycles. The lowest BCUT2D eigenvalue weighted by atomic mass is 10.2. The lowest BCUT2D eigenvalue weighted by Crippen LogP contribution is -2.68. The first-order valence-electron chi connectivity index (χ1n) is 5.65. The Kier molecular flexibility index (Phi) is 2.74. The molecule has 0 atom stereocenters. The van der Waals surface area contributed by atoms with Crippen molar-refractivity contribution in [3.8, 4) is 0 Å². The molecule has 1 amide bonds. The first-order valence-corrected chi connectivity index (χ1v) is 7.09. The largest absolute Gasteiger partial charge is 0.315 e. The topological polar surface area (TPSA) is 66.5 Å². The molecule has 1 heterocycles. The molecule has 5 nitrogen and oxygen atoms in total. The van der Waals surface area contributed by atoms with Crippen LogP contribution < -0.4 is 5.32 Å². The molecule has 0 aromatic rings. The molecule has 1 saturated heterocycles. The maximum absolute atomic E-state index is 11.7. The SMILES string of the molecule is CC1(C)C(=O)N(CCNCC2CC2)S1(=O)=O. The van der Waals surface area contributed by atoms with Crippen molar-refractivity contribution in [1.82, 2.24) is 9.62 Å². The molecule has 2 fully saturated rings. The summed E-state index contributed by atoms with van der Waals surface area (Å²) in [5.74, 6) is 0.473. The summed E-state index contributed by atoms with van der Waals surface area (Å²) in [6.07, 6.45) is 2.53. The molecule has 6 heteroatoms. The second-order valence-corrected chi connectivity index (χ2v) is 7.45. The summed E-state index contributed by atoms with van der Waals surface area (Å²) in [7, 11) is -3.39. The lowest BCUT2D eigenvalue weighted by Gasteiger charge is -2.43. The third-order valence-electron chi connectivity index (χ3n) is 3.30. The van der Waals surface area contributed by atoms with Crippen LogP contribution in [0.5, 0.6) is 0 Å². The minimum absolute atomic E-state index is 0.261. The zero-order valence-electron chi connectivity index (χ0n) is 9.69. The van der Waals surface area contributed by atoms with Gasteiger partial charge >= 0.3 is 0 Å². The van der Waals surface area contributed by atoms with Crippen molar-refractivity contribution in [2.45, 2.75) is 31.4 Å². The molecule has 2 rings (SSSR count). The minimum Gasteiger partial charge on any atom is -0.315 e. The number of amides is 1. The van der Waals surface area contributed by atoms with Crippen LogP contribution in [0.4, 0.5) is 0 Å². The van der Waals surface area contributed by atoms with Crippen molar-refractivity contribution < 1.29 is 13.2 Å². The lowest BCUT2D eigenvalue weighted by molar-refractivity contribution is -0.132. The molecule has 92 valence electrons. The Morgan fingerprint density at radius 3 is 2.56 bits per heavy atom. The summed E-state index contributed by atoms with van der Waals surface area (Å²) < 4.78 is 23.2. The summed E-state index contributed by atoms with van der Waals surface area (Å²) in [5.41, 5.74) is 0. The van der Waals surface area contributed by atoms with Gasteiger partial charge in [0.25, 0.3) is 15.9 Å². The number of carbonyl (C=O) groups is 1. The molecule has 0 aromatic heterocycles. The third-order valence-corrected chi connectivity index (χ3v) is 5.69. The second kappa shape index (κ2) is 3.70. The normalized spacial score (nSPS) is 26.6. The predicted molar refractivity (Wildman–Crippen MR) is 60.3 cm³/mol. The number of hydrogen-bond acceptors (Lipinski definition) is 4. The second-order valence-electron chi connectivity index (χ2n) is 5.04. The van der Waals surface area contributed by atoms with E-state index >= 15 is 0 Å². The van der Waals surface area contributed by atoms with E-state index < -0.39 is 14.8 Å².